The molecule has 0 spiro atoms. The molecule has 1 aliphatic rings. The molecule has 0 aliphatic carbocycles. The Labute approximate surface area is 82.8 Å². The molecule has 2 heterocycles. The summed E-state index contributed by atoms with van der Waals surface area (Å²) in [5, 5.41) is 12.3. The molecule has 1 aromatic heterocycles. The molecule has 0 amide bonds. The van der Waals surface area contributed by atoms with Gasteiger partial charge in [0.1, 0.15) is 11.6 Å². The van der Waals surface area contributed by atoms with E-state index < -0.39 is 0 Å². The van der Waals surface area contributed by atoms with Crippen LogP contribution in [0.3, 0.4) is 0 Å². The van der Waals surface area contributed by atoms with Gasteiger partial charge in [-0.05, 0) is 6.42 Å². The van der Waals surface area contributed by atoms with E-state index in [0.29, 0.717) is 6.54 Å². The van der Waals surface area contributed by atoms with Crippen LogP contribution in [0.5, 0.6) is 0 Å². The summed E-state index contributed by atoms with van der Waals surface area (Å²) >= 11 is 0. The van der Waals surface area contributed by atoms with E-state index in [1.165, 1.54) is 0 Å². The van der Waals surface area contributed by atoms with Crippen molar-refractivity contribution in [2.24, 2.45) is 0 Å². The molecule has 76 valence electrons. The highest BCUT2D eigenvalue weighted by Gasteiger charge is 2.21. The molecule has 0 radical (unpaired) electrons. The summed E-state index contributed by atoms with van der Waals surface area (Å²) in [7, 11) is 1.81. The molecule has 1 fully saturated rings. The third-order valence-corrected chi connectivity index (χ3v) is 2.37. The standard InChI is InChI=1S/C9H14N4O/c1-10-8-4-11-5-9(12-8)13-3-2-7(14)6-13/h4-5,7,14H,2-3,6H2,1H3,(H,10,12). The van der Waals surface area contributed by atoms with Crippen molar-refractivity contribution in [2.45, 2.75) is 12.5 Å². The molecule has 1 aromatic rings. The molecule has 1 aliphatic heterocycles. The lowest BCUT2D eigenvalue weighted by molar-refractivity contribution is 0.198. The molecule has 5 nitrogen and oxygen atoms in total. The summed E-state index contributed by atoms with van der Waals surface area (Å²) < 4.78 is 0. The molecule has 14 heavy (non-hydrogen) atoms. The first-order chi connectivity index (χ1) is 6.79. The lowest BCUT2D eigenvalue weighted by Crippen LogP contribution is -2.22. The first-order valence-corrected chi connectivity index (χ1v) is 4.72. The van der Waals surface area contributed by atoms with Crippen molar-refractivity contribution >= 4 is 11.6 Å². The zero-order valence-electron chi connectivity index (χ0n) is 8.14. The highest BCUT2D eigenvalue weighted by molar-refractivity contribution is 5.44. The van der Waals surface area contributed by atoms with Crippen LogP contribution in [0.15, 0.2) is 12.4 Å². The summed E-state index contributed by atoms with van der Waals surface area (Å²) in [4.78, 5) is 10.5. The molecule has 5 heteroatoms. The minimum Gasteiger partial charge on any atom is -0.391 e. The Morgan fingerprint density at radius 1 is 1.57 bits per heavy atom. The largest absolute Gasteiger partial charge is 0.391 e. The fourth-order valence-electron chi connectivity index (χ4n) is 1.58. The van der Waals surface area contributed by atoms with Crippen molar-refractivity contribution in [3.63, 3.8) is 0 Å². The van der Waals surface area contributed by atoms with Crippen LogP contribution in [-0.2, 0) is 0 Å². The van der Waals surface area contributed by atoms with Gasteiger partial charge < -0.3 is 15.3 Å². The van der Waals surface area contributed by atoms with Crippen molar-refractivity contribution in [2.75, 3.05) is 30.4 Å². The molecule has 2 N–H and O–H groups in total. The Morgan fingerprint density at radius 3 is 3.07 bits per heavy atom. The third-order valence-electron chi connectivity index (χ3n) is 2.37. The van der Waals surface area contributed by atoms with Crippen LogP contribution in [0.1, 0.15) is 6.42 Å². The van der Waals surface area contributed by atoms with Gasteiger partial charge in [-0.3, -0.25) is 4.98 Å². The molecule has 1 saturated heterocycles. The Morgan fingerprint density at radius 2 is 2.43 bits per heavy atom. The molecule has 2 rings (SSSR count). The van der Waals surface area contributed by atoms with Gasteiger partial charge in [0.2, 0.25) is 0 Å². The topological polar surface area (TPSA) is 61.3 Å². The van der Waals surface area contributed by atoms with E-state index in [1.54, 1.807) is 12.4 Å². The highest BCUT2D eigenvalue weighted by atomic mass is 16.3. The second-order valence-electron chi connectivity index (χ2n) is 3.40. The van der Waals surface area contributed by atoms with Crippen molar-refractivity contribution in [3.05, 3.63) is 12.4 Å². The van der Waals surface area contributed by atoms with Gasteiger partial charge in [-0.25, -0.2) is 4.98 Å². The SMILES string of the molecule is CNc1cncc(N2CCC(O)C2)n1. The van der Waals surface area contributed by atoms with Gasteiger partial charge in [-0.1, -0.05) is 0 Å². The minimum atomic E-state index is -0.227. The van der Waals surface area contributed by atoms with Crippen molar-refractivity contribution in [1.29, 1.82) is 0 Å². The second-order valence-corrected chi connectivity index (χ2v) is 3.40. The van der Waals surface area contributed by atoms with Crippen LogP contribution in [0.25, 0.3) is 0 Å². The van der Waals surface area contributed by atoms with E-state index in [1.807, 2.05) is 11.9 Å². The molecular weight excluding hydrogens is 180 g/mol. The maximum Gasteiger partial charge on any atom is 0.149 e. The van der Waals surface area contributed by atoms with E-state index in [2.05, 4.69) is 15.3 Å². The maximum absolute atomic E-state index is 9.38. The van der Waals surface area contributed by atoms with Crippen molar-refractivity contribution in [3.8, 4) is 0 Å². The molecule has 1 unspecified atom stereocenters. The van der Waals surface area contributed by atoms with Gasteiger partial charge in [-0.15, -0.1) is 0 Å². The van der Waals surface area contributed by atoms with E-state index in [0.717, 1.165) is 24.6 Å². The zero-order chi connectivity index (χ0) is 9.97. The number of nitrogens with zero attached hydrogens (tertiary/aromatic N) is 3. The van der Waals surface area contributed by atoms with Gasteiger partial charge >= 0.3 is 0 Å². The van der Waals surface area contributed by atoms with Gasteiger partial charge in [0.05, 0.1) is 18.5 Å². The van der Waals surface area contributed by atoms with E-state index >= 15 is 0 Å². The molecular formula is C9H14N4O. The average molecular weight is 194 g/mol. The van der Waals surface area contributed by atoms with E-state index in [4.69, 9.17) is 0 Å². The normalized spacial score (nSPS) is 21.3. The van der Waals surface area contributed by atoms with Crippen LogP contribution in [0.4, 0.5) is 11.6 Å². The molecule has 0 bridgehead atoms. The number of hydrogen-bond acceptors (Lipinski definition) is 5. The lowest BCUT2D eigenvalue weighted by Gasteiger charge is -2.16. The monoisotopic (exact) mass is 194 g/mol. The Hall–Kier alpha value is -1.36. The molecule has 1 atom stereocenters. The van der Waals surface area contributed by atoms with Gasteiger partial charge in [-0.2, -0.15) is 0 Å². The van der Waals surface area contributed by atoms with Crippen molar-refractivity contribution in [1.82, 2.24) is 9.97 Å². The Kier molecular flexibility index (Phi) is 2.49. The van der Waals surface area contributed by atoms with E-state index in [-0.39, 0.29) is 6.10 Å². The number of aromatic nitrogens is 2. The van der Waals surface area contributed by atoms with Gasteiger partial charge in [0.15, 0.2) is 0 Å². The first-order valence-electron chi connectivity index (χ1n) is 4.72. The Balaban J connectivity index is 2.15. The van der Waals surface area contributed by atoms with Crippen LogP contribution in [0.2, 0.25) is 0 Å². The summed E-state index contributed by atoms with van der Waals surface area (Å²) in [6.45, 7) is 1.50. The third kappa shape index (κ3) is 1.77. The number of hydrogen-bond donors (Lipinski definition) is 2. The zero-order valence-corrected chi connectivity index (χ0v) is 8.14. The average Bonchev–Trinajstić information content (AvgIpc) is 2.65. The fourth-order valence-corrected chi connectivity index (χ4v) is 1.58. The predicted molar refractivity (Wildman–Crippen MR) is 54.4 cm³/mol. The quantitative estimate of drug-likeness (QED) is 0.698. The summed E-state index contributed by atoms with van der Waals surface area (Å²) in [5.41, 5.74) is 0. The summed E-state index contributed by atoms with van der Waals surface area (Å²) in [5.74, 6) is 1.58. The molecule has 0 saturated carbocycles. The summed E-state index contributed by atoms with van der Waals surface area (Å²) in [6, 6.07) is 0. The first kappa shape index (κ1) is 9.21. The number of aliphatic hydroxyl groups excluding tert-OH is 1. The Bertz CT molecular complexity index is 317. The van der Waals surface area contributed by atoms with Crippen LogP contribution >= 0.6 is 0 Å². The fraction of sp³-hybridized carbons (Fsp3) is 0.556. The number of nitrogens with one attached hydrogen (secondary N) is 1. The van der Waals surface area contributed by atoms with Gasteiger partial charge in [0.25, 0.3) is 0 Å². The number of aliphatic hydroxyl groups is 1. The molecule has 0 aromatic carbocycles. The van der Waals surface area contributed by atoms with Gasteiger partial charge in [0, 0.05) is 20.1 Å². The minimum absolute atomic E-state index is 0.227. The second kappa shape index (κ2) is 3.79. The van der Waals surface area contributed by atoms with E-state index in [9.17, 15) is 5.11 Å². The number of β-amino-alcohol motifs (C(OH)–C–C–N with tert-alkyl or cyclic N) is 1. The number of rotatable bonds is 2. The van der Waals surface area contributed by atoms with Crippen LogP contribution in [0, 0.1) is 0 Å². The maximum atomic E-state index is 9.38. The van der Waals surface area contributed by atoms with Crippen molar-refractivity contribution < 1.29 is 5.11 Å². The highest BCUT2D eigenvalue weighted by Crippen LogP contribution is 2.18. The summed E-state index contributed by atoms with van der Waals surface area (Å²) in [6.07, 6.45) is 3.98. The lowest BCUT2D eigenvalue weighted by atomic mass is 10.3. The van der Waals surface area contributed by atoms with Crippen LogP contribution < -0.4 is 10.2 Å². The smallest absolute Gasteiger partial charge is 0.149 e. The van der Waals surface area contributed by atoms with Crippen LogP contribution in [-0.4, -0.2) is 41.3 Å². The predicted octanol–water partition coefficient (Wildman–Crippen LogP) is 0.0893. The number of anilines is 2.